The minimum absolute atomic E-state index is 0.0310. The third-order valence-corrected chi connectivity index (χ3v) is 5.02. The van der Waals surface area contributed by atoms with Gasteiger partial charge in [-0.3, -0.25) is 10.1 Å². The van der Waals surface area contributed by atoms with Crippen molar-refractivity contribution >= 4 is 17.3 Å². The summed E-state index contributed by atoms with van der Waals surface area (Å²) in [5.74, 6) is 0.734. The number of hydrogen-bond acceptors (Lipinski definition) is 5. The van der Waals surface area contributed by atoms with Gasteiger partial charge < -0.3 is 14.7 Å². The van der Waals surface area contributed by atoms with Gasteiger partial charge in [-0.15, -0.1) is 0 Å². The normalized spacial score (nSPS) is 18.4. The highest BCUT2D eigenvalue weighted by Crippen LogP contribution is 2.26. The van der Waals surface area contributed by atoms with Crippen LogP contribution in [0, 0.1) is 16.0 Å². The average Bonchev–Trinajstić information content (AvgIpc) is 3.09. The molecule has 0 amide bonds. The molecule has 3 rings (SSSR count). The summed E-state index contributed by atoms with van der Waals surface area (Å²) in [4.78, 5) is 12.7. The first-order valence-corrected chi connectivity index (χ1v) is 9.40. The maximum Gasteiger partial charge on any atom is 0.310 e. The molecular formula is C20H23ClN2O4. The molecule has 1 saturated heterocycles. The predicted molar refractivity (Wildman–Crippen MR) is 104 cm³/mol. The van der Waals surface area contributed by atoms with Crippen molar-refractivity contribution in [3.63, 3.8) is 0 Å². The summed E-state index contributed by atoms with van der Waals surface area (Å²) in [6.07, 6.45) is 1.38. The highest BCUT2D eigenvalue weighted by Gasteiger charge is 2.25. The Morgan fingerprint density at radius 1 is 1.26 bits per heavy atom. The SMILES string of the molecule is O=[N+]([O-])c1ccccc1OC[C@@H](O)CN1CCC(Cc2ccc(Cl)cc2)C1. The zero-order chi connectivity index (χ0) is 19.2. The van der Waals surface area contributed by atoms with Gasteiger partial charge in [-0.05, 0) is 49.1 Å². The Morgan fingerprint density at radius 3 is 2.74 bits per heavy atom. The number of nitro benzene ring substituents is 1. The zero-order valence-electron chi connectivity index (χ0n) is 15.0. The number of halogens is 1. The summed E-state index contributed by atoms with van der Waals surface area (Å²) in [6, 6.07) is 14.1. The largest absolute Gasteiger partial charge is 0.484 e. The molecule has 6 nitrogen and oxygen atoms in total. The smallest absolute Gasteiger partial charge is 0.310 e. The molecule has 1 N–H and O–H groups in total. The fourth-order valence-electron chi connectivity index (χ4n) is 3.47. The molecule has 27 heavy (non-hydrogen) atoms. The molecule has 1 heterocycles. The Kier molecular flexibility index (Phi) is 6.66. The van der Waals surface area contributed by atoms with E-state index in [1.807, 2.05) is 12.1 Å². The van der Waals surface area contributed by atoms with Crippen LogP contribution in [-0.4, -0.2) is 47.3 Å². The third-order valence-electron chi connectivity index (χ3n) is 4.77. The lowest BCUT2D eigenvalue weighted by molar-refractivity contribution is -0.385. The maximum absolute atomic E-state index is 11.0. The monoisotopic (exact) mass is 390 g/mol. The van der Waals surface area contributed by atoms with E-state index < -0.39 is 11.0 Å². The van der Waals surface area contributed by atoms with Gasteiger partial charge in [0.05, 0.1) is 4.92 Å². The van der Waals surface area contributed by atoms with Crippen molar-refractivity contribution in [2.24, 2.45) is 5.92 Å². The van der Waals surface area contributed by atoms with Gasteiger partial charge >= 0.3 is 5.69 Å². The minimum Gasteiger partial charge on any atom is -0.484 e. The van der Waals surface area contributed by atoms with E-state index in [2.05, 4.69) is 17.0 Å². The Bertz CT molecular complexity index is 769. The van der Waals surface area contributed by atoms with Gasteiger partial charge in [-0.2, -0.15) is 0 Å². The van der Waals surface area contributed by atoms with E-state index in [1.54, 1.807) is 18.2 Å². The first-order valence-electron chi connectivity index (χ1n) is 9.02. The minimum atomic E-state index is -0.695. The third kappa shape index (κ3) is 5.66. The number of likely N-dealkylation sites (tertiary alicyclic amines) is 1. The number of ether oxygens (including phenoxy) is 1. The van der Waals surface area contributed by atoms with Crippen molar-refractivity contribution in [1.29, 1.82) is 0 Å². The van der Waals surface area contributed by atoms with Crippen molar-refractivity contribution in [3.05, 3.63) is 69.2 Å². The van der Waals surface area contributed by atoms with E-state index in [9.17, 15) is 15.2 Å². The molecule has 0 aliphatic carbocycles. The van der Waals surface area contributed by atoms with Gasteiger partial charge in [0.25, 0.3) is 0 Å². The van der Waals surface area contributed by atoms with Crippen molar-refractivity contribution in [1.82, 2.24) is 4.90 Å². The second kappa shape index (κ2) is 9.17. The molecule has 0 saturated carbocycles. The van der Waals surface area contributed by atoms with Crippen molar-refractivity contribution in [2.75, 3.05) is 26.2 Å². The molecule has 2 aromatic rings. The molecule has 0 spiro atoms. The van der Waals surface area contributed by atoms with Crippen LogP contribution in [0.1, 0.15) is 12.0 Å². The summed E-state index contributed by atoms with van der Waals surface area (Å²) in [5, 5.41) is 22.0. The molecule has 0 bridgehead atoms. The summed E-state index contributed by atoms with van der Waals surface area (Å²) in [5.41, 5.74) is 1.18. The predicted octanol–water partition coefficient (Wildman–Crippen LogP) is 3.55. The van der Waals surface area contributed by atoms with Gasteiger partial charge in [0.1, 0.15) is 12.7 Å². The summed E-state index contributed by atoms with van der Waals surface area (Å²) < 4.78 is 5.47. The van der Waals surface area contributed by atoms with Crippen LogP contribution < -0.4 is 4.74 Å². The van der Waals surface area contributed by atoms with Gasteiger partial charge in [0.2, 0.25) is 0 Å². The quantitative estimate of drug-likeness (QED) is 0.551. The summed E-state index contributed by atoms with van der Waals surface area (Å²) >= 11 is 5.92. The average molecular weight is 391 g/mol. The molecule has 0 aromatic heterocycles. The fraction of sp³-hybridized carbons (Fsp3) is 0.400. The second-order valence-corrected chi connectivity index (χ2v) is 7.37. The number of para-hydroxylation sites is 2. The number of β-amino-alcohol motifs (C(OH)–C–C–N with tert-alkyl or cyclic N) is 1. The number of hydrogen-bond donors (Lipinski definition) is 1. The van der Waals surface area contributed by atoms with E-state index in [4.69, 9.17) is 16.3 Å². The number of rotatable bonds is 8. The van der Waals surface area contributed by atoms with Crippen LogP contribution >= 0.6 is 11.6 Å². The Balaban J connectivity index is 1.44. The number of nitrogens with zero attached hydrogens (tertiary/aromatic N) is 2. The Labute approximate surface area is 163 Å². The van der Waals surface area contributed by atoms with Gasteiger partial charge in [-0.25, -0.2) is 0 Å². The highest BCUT2D eigenvalue weighted by atomic mass is 35.5. The van der Waals surface area contributed by atoms with Gasteiger partial charge in [0, 0.05) is 24.2 Å². The summed E-state index contributed by atoms with van der Waals surface area (Å²) in [6.45, 7) is 2.38. The van der Waals surface area contributed by atoms with Crippen molar-refractivity contribution in [3.8, 4) is 5.75 Å². The van der Waals surface area contributed by atoms with Crippen molar-refractivity contribution < 1.29 is 14.8 Å². The first kappa shape index (κ1) is 19.6. The van der Waals surface area contributed by atoms with Crippen LogP contribution in [0.25, 0.3) is 0 Å². The second-order valence-electron chi connectivity index (χ2n) is 6.93. The molecule has 2 atom stereocenters. The lowest BCUT2D eigenvalue weighted by atomic mass is 9.99. The molecule has 2 aromatic carbocycles. The topological polar surface area (TPSA) is 75.8 Å². The van der Waals surface area contributed by atoms with E-state index >= 15 is 0 Å². The van der Waals surface area contributed by atoms with Crippen LogP contribution in [-0.2, 0) is 6.42 Å². The molecule has 1 aliphatic rings. The molecular weight excluding hydrogens is 368 g/mol. The van der Waals surface area contributed by atoms with E-state index in [1.165, 1.54) is 11.6 Å². The number of aliphatic hydroxyl groups excluding tert-OH is 1. The number of nitro groups is 1. The van der Waals surface area contributed by atoms with E-state index in [-0.39, 0.29) is 18.0 Å². The molecule has 1 aliphatic heterocycles. The van der Waals surface area contributed by atoms with Crippen LogP contribution in [0.3, 0.4) is 0 Å². The lowest BCUT2D eigenvalue weighted by Crippen LogP contribution is -2.34. The number of aliphatic hydroxyl groups is 1. The Morgan fingerprint density at radius 2 is 2.00 bits per heavy atom. The molecule has 1 fully saturated rings. The van der Waals surface area contributed by atoms with Crippen LogP contribution in [0.5, 0.6) is 5.75 Å². The molecule has 1 unspecified atom stereocenters. The van der Waals surface area contributed by atoms with Crippen LogP contribution in [0.15, 0.2) is 48.5 Å². The van der Waals surface area contributed by atoms with Crippen molar-refractivity contribution in [2.45, 2.75) is 18.9 Å². The number of benzene rings is 2. The highest BCUT2D eigenvalue weighted by molar-refractivity contribution is 6.30. The zero-order valence-corrected chi connectivity index (χ0v) is 15.7. The van der Waals surface area contributed by atoms with Gasteiger partial charge in [-0.1, -0.05) is 35.9 Å². The standard InChI is InChI=1S/C20H23ClN2O4/c21-17-7-5-15(6-8-17)11-16-9-10-22(12-16)13-18(24)14-27-20-4-2-1-3-19(20)23(25)26/h1-8,16,18,24H,9-14H2/t16?,18-/m0/s1. The van der Waals surface area contributed by atoms with Crippen LogP contribution in [0.4, 0.5) is 5.69 Å². The molecule has 7 heteroatoms. The van der Waals surface area contributed by atoms with E-state index in [0.717, 1.165) is 31.0 Å². The fourth-order valence-corrected chi connectivity index (χ4v) is 3.59. The summed E-state index contributed by atoms with van der Waals surface area (Å²) in [7, 11) is 0. The molecule has 144 valence electrons. The first-order chi connectivity index (χ1) is 13.0. The van der Waals surface area contributed by atoms with E-state index in [0.29, 0.717) is 12.5 Å². The lowest BCUT2D eigenvalue weighted by Gasteiger charge is -2.20. The maximum atomic E-state index is 11.0. The van der Waals surface area contributed by atoms with Crippen LogP contribution in [0.2, 0.25) is 5.02 Å². The Hall–Kier alpha value is -2.15. The van der Waals surface area contributed by atoms with Gasteiger partial charge in [0.15, 0.2) is 5.75 Å². The molecule has 0 radical (unpaired) electrons.